The van der Waals surface area contributed by atoms with Gasteiger partial charge in [-0.15, -0.1) is 0 Å². The van der Waals surface area contributed by atoms with E-state index in [1.807, 2.05) is 44.3 Å². The Kier molecular flexibility index (Phi) is 7.00. The summed E-state index contributed by atoms with van der Waals surface area (Å²) in [5.74, 6) is 0.849. The number of anilines is 1. The summed E-state index contributed by atoms with van der Waals surface area (Å²) in [5.41, 5.74) is 5.64. The van der Waals surface area contributed by atoms with Gasteiger partial charge in [-0.2, -0.15) is 0 Å². The Morgan fingerprint density at radius 1 is 1.12 bits per heavy atom. The number of pyridine rings is 1. The van der Waals surface area contributed by atoms with Crippen LogP contribution in [0, 0.1) is 13.8 Å². The predicted octanol–water partition coefficient (Wildman–Crippen LogP) is 5.11. The molecular formula is C26H32N4O2S. The molecule has 1 aliphatic rings. The average molecular weight is 465 g/mol. The Hall–Kier alpha value is -2.90. The van der Waals surface area contributed by atoms with E-state index in [0.29, 0.717) is 11.7 Å². The highest BCUT2D eigenvalue weighted by atomic mass is 32.1. The molecule has 2 aromatic heterocycles. The molecule has 1 saturated heterocycles. The van der Waals surface area contributed by atoms with Crippen LogP contribution in [0.25, 0.3) is 0 Å². The van der Waals surface area contributed by atoms with Gasteiger partial charge in [-0.25, -0.2) is 0 Å². The smallest absolute Gasteiger partial charge is 0.174 e. The lowest BCUT2D eigenvalue weighted by Crippen LogP contribution is -2.29. The molecule has 7 heteroatoms. The molecule has 3 aromatic rings. The van der Waals surface area contributed by atoms with Crippen LogP contribution < -0.4 is 15.0 Å². The van der Waals surface area contributed by atoms with Crippen molar-refractivity contribution in [1.82, 2.24) is 14.9 Å². The number of thiocarbonyl (C=S) groups is 1. The van der Waals surface area contributed by atoms with E-state index in [1.165, 1.54) is 17.0 Å². The highest BCUT2D eigenvalue weighted by Gasteiger charge is 2.42. The molecule has 2 unspecified atom stereocenters. The van der Waals surface area contributed by atoms with Gasteiger partial charge in [0.25, 0.3) is 0 Å². The highest BCUT2D eigenvalue weighted by Crippen LogP contribution is 2.43. The summed E-state index contributed by atoms with van der Waals surface area (Å²) in [6, 6.07) is 16.3. The number of aryl methyl sites for hydroxylation is 1. The third kappa shape index (κ3) is 4.75. The normalized spacial score (nSPS) is 18.1. The fraction of sp³-hybridized carbons (Fsp3) is 0.385. The van der Waals surface area contributed by atoms with E-state index in [9.17, 15) is 0 Å². The van der Waals surface area contributed by atoms with Gasteiger partial charge in [0.15, 0.2) is 5.11 Å². The highest BCUT2D eigenvalue weighted by molar-refractivity contribution is 7.80. The molecule has 0 saturated carbocycles. The molecule has 1 fully saturated rings. The van der Waals surface area contributed by atoms with Crippen molar-refractivity contribution in [1.29, 1.82) is 0 Å². The number of nitrogens with one attached hydrogen (secondary N) is 1. The summed E-state index contributed by atoms with van der Waals surface area (Å²) in [5, 5.41) is 4.23. The van der Waals surface area contributed by atoms with Crippen molar-refractivity contribution in [2.75, 3.05) is 18.6 Å². The Morgan fingerprint density at radius 2 is 1.88 bits per heavy atom. The Labute approximate surface area is 201 Å². The van der Waals surface area contributed by atoms with Crippen LogP contribution >= 0.6 is 12.2 Å². The molecule has 1 aromatic carbocycles. The monoisotopic (exact) mass is 464 g/mol. The van der Waals surface area contributed by atoms with Crippen LogP contribution in [0.4, 0.5) is 5.69 Å². The third-order valence-corrected chi connectivity index (χ3v) is 6.35. The summed E-state index contributed by atoms with van der Waals surface area (Å²) in [6.45, 7) is 9.86. The molecule has 1 N–H and O–H groups in total. The van der Waals surface area contributed by atoms with Crippen molar-refractivity contribution in [3.63, 3.8) is 0 Å². The van der Waals surface area contributed by atoms with Crippen LogP contribution in [-0.4, -0.2) is 34.5 Å². The summed E-state index contributed by atoms with van der Waals surface area (Å²) < 4.78 is 13.5. The summed E-state index contributed by atoms with van der Waals surface area (Å²) in [4.78, 5) is 6.86. The summed E-state index contributed by atoms with van der Waals surface area (Å²) >= 11 is 5.86. The minimum absolute atomic E-state index is 0.0354. The van der Waals surface area contributed by atoms with Crippen LogP contribution in [0.3, 0.4) is 0 Å². The first-order valence-electron chi connectivity index (χ1n) is 11.3. The van der Waals surface area contributed by atoms with Crippen molar-refractivity contribution < 1.29 is 9.47 Å². The SMILES string of the molecule is COCCn1c(C)cc(C2C(c3ccccn3)NC(=S)N2c2ccc(OC(C)C)cc2)c1C. The zero-order valence-corrected chi connectivity index (χ0v) is 20.7. The van der Waals surface area contributed by atoms with E-state index >= 15 is 0 Å². The lowest BCUT2D eigenvalue weighted by Gasteiger charge is -2.28. The number of nitrogens with zero attached hydrogens (tertiary/aromatic N) is 3. The van der Waals surface area contributed by atoms with Gasteiger partial charge in [0.1, 0.15) is 5.75 Å². The van der Waals surface area contributed by atoms with Crippen LogP contribution in [0.15, 0.2) is 54.7 Å². The number of benzene rings is 1. The van der Waals surface area contributed by atoms with E-state index in [2.05, 4.69) is 57.9 Å². The van der Waals surface area contributed by atoms with Crippen molar-refractivity contribution >= 4 is 23.0 Å². The van der Waals surface area contributed by atoms with Crippen molar-refractivity contribution in [2.24, 2.45) is 0 Å². The minimum atomic E-state index is -0.0679. The Balaban J connectivity index is 1.78. The second kappa shape index (κ2) is 9.93. The van der Waals surface area contributed by atoms with Crippen molar-refractivity contribution in [3.05, 3.63) is 77.4 Å². The van der Waals surface area contributed by atoms with E-state index < -0.39 is 0 Å². The van der Waals surface area contributed by atoms with Gasteiger partial charge in [0.2, 0.25) is 0 Å². The number of hydrogen-bond acceptors (Lipinski definition) is 4. The van der Waals surface area contributed by atoms with E-state index in [0.717, 1.165) is 23.7 Å². The maximum Gasteiger partial charge on any atom is 0.174 e. The molecule has 0 amide bonds. The first kappa shape index (κ1) is 23.3. The van der Waals surface area contributed by atoms with Crippen molar-refractivity contribution in [3.8, 4) is 5.75 Å². The maximum atomic E-state index is 5.86. The Bertz CT molecular complexity index is 1100. The molecule has 0 spiro atoms. The van der Waals surface area contributed by atoms with Crippen molar-refractivity contribution in [2.45, 2.75) is 52.4 Å². The lowest BCUT2D eigenvalue weighted by atomic mass is 9.96. The van der Waals surface area contributed by atoms with Gasteiger partial charge in [0.05, 0.1) is 30.5 Å². The lowest BCUT2D eigenvalue weighted by molar-refractivity contribution is 0.186. The molecule has 33 heavy (non-hydrogen) atoms. The quantitative estimate of drug-likeness (QED) is 0.468. The molecule has 1 aliphatic heterocycles. The molecule has 6 nitrogen and oxygen atoms in total. The van der Waals surface area contributed by atoms with Gasteiger partial charge in [0, 0.05) is 36.9 Å². The zero-order chi connectivity index (χ0) is 23.5. The summed E-state index contributed by atoms with van der Waals surface area (Å²) in [7, 11) is 1.74. The van der Waals surface area contributed by atoms with E-state index in [1.54, 1.807) is 7.11 Å². The van der Waals surface area contributed by atoms with Gasteiger partial charge < -0.3 is 24.3 Å². The molecule has 0 bridgehead atoms. The second-order valence-corrected chi connectivity index (χ2v) is 9.01. The number of hydrogen-bond donors (Lipinski definition) is 1. The Morgan fingerprint density at radius 3 is 2.52 bits per heavy atom. The van der Waals surface area contributed by atoms with E-state index in [4.69, 9.17) is 21.7 Å². The van der Waals surface area contributed by atoms with Gasteiger partial charge in [-0.1, -0.05) is 6.07 Å². The predicted molar refractivity (Wildman–Crippen MR) is 136 cm³/mol. The topological polar surface area (TPSA) is 51.5 Å². The largest absolute Gasteiger partial charge is 0.491 e. The third-order valence-electron chi connectivity index (χ3n) is 6.04. The summed E-state index contributed by atoms with van der Waals surface area (Å²) in [6.07, 6.45) is 1.96. The second-order valence-electron chi connectivity index (χ2n) is 8.63. The molecule has 3 heterocycles. The molecule has 0 aliphatic carbocycles. The minimum Gasteiger partial charge on any atom is -0.491 e. The standard InChI is InChI=1S/C26H32N4O2S/c1-17(2)32-21-11-9-20(10-12-21)30-25(22-16-18(3)29(19(22)4)14-15-31-5)24(28-26(30)33)23-8-6-7-13-27-23/h6-13,16-17,24-25H,14-15H2,1-5H3,(H,28,33). The molecule has 174 valence electrons. The van der Waals surface area contributed by atoms with E-state index in [-0.39, 0.29) is 18.2 Å². The fourth-order valence-electron chi connectivity index (χ4n) is 4.56. The number of rotatable bonds is 8. The maximum absolute atomic E-state index is 5.86. The van der Waals surface area contributed by atoms with Gasteiger partial charge >= 0.3 is 0 Å². The molecule has 0 radical (unpaired) electrons. The molecule has 4 rings (SSSR count). The van der Waals surface area contributed by atoms with Crippen LogP contribution in [-0.2, 0) is 11.3 Å². The van der Waals surface area contributed by atoms with Gasteiger partial charge in [-0.05, 0) is 87.9 Å². The van der Waals surface area contributed by atoms with Crippen LogP contribution in [0.2, 0.25) is 0 Å². The first-order valence-corrected chi connectivity index (χ1v) is 11.7. The first-order chi connectivity index (χ1) is 15.9. The molecule has 2 atom stereocenters. The number of methoxy groups -OCH3 is 1. The fourth-order valence-corrected chi connectivity index (χ4v) is 4.91. The number of aromatic nitrogens is 2. The average Bonchev–Trinajstić information content (AvgIpc) is 3.28. The van der Waals surface area contributed by atoms with Crippen LogP contribution in [0.5, 0.6) is 5.75 Å². The van der Waals surface area contributed by atoms with Crippen LogP contribution in [0.1, 0.15) is 48.6 Å². The van der Waals surface area contributed by atoms with Gasteiger partial charge in [-0.3, -0.25) is 4.98 Å². The zero-order valence-electron chi connectivity index (χ0n) is 19.9. The molecular weight excluding hydrogens is 432 g/mol. The number of ether oxygens (including phenoxy) is 2.